The van der Waals surface area contributed by atoms with Gasteiger partial charge in [0.05, 0.1) is 5.52 Å². The van der Waals surface area contributed by atoms with Crippen LogP contribution in [0.1, 0.15) is 23.2 Å². The van der Waals surface area contributed by atoms with Crippen LogP contribution < -0.4 is 11.1 Å². The van der Waals surface area contributed by atoms with E-state index in [1.165, 1.54) is 25.9 Å². The van der Waals surface area contributed by atoms with Crippen molar-refractivity contribution in [3.63, 3.8) is 0 Å². The van der Waals surface area contributed by atoms with Crippen LogP contribution in [0.3, 0.4) is 0 Å². The number of nitrogen functional groups attached to an aromatic ring is 1. The number of anilines is 1. The number of nitrogens with one attached hydrogen (secondary N) is 2. The number of nitrogens with two attached hydrogens (primary N) is 1. The molecule has 27 heavy (non-hydrogen) atoms. The number of benzene rings is 2. The molecule has 3 aliphatic heterocycles. The molecule has 6 nitrogen and oxygen atoms in total. The van der Waals surface area contributed by atoms with Crippen LogP contribution in [0.2, 0.25) is 0 Å². The van der Waals surface area contributed by atoms with Crippen molar-refractivity contribution in [2.45, 2.75) is 18.9 Å². The largest absolute Gasteiger partial charge is 0.382 e. The van der Waals surface area contributed by atoms with Crippen molar-refractivity contribution >= 4 is 22.6 Å². The molecule has 0 unspecified atom stereocenters. The summed E-state index contributed by atoms with van der Waals surface area (Å²) in [6, 6.07) is 14.0. The van der Waals surface area contributed by atoms with Gasteiger partial charge in [0.15, 0.2) is 5.82 Å². The number of piperidine rings is 3. The molecule has 4 N–H and O–H groups in total. The molecule has 2 bridgehead atoms. The van der Waals surface area contributed by atoms with Gasteiger partial charge in [-0.05, 0) is 67.2 Å². The number of hydrogen-bond donors (Lipinski definition) is 3. The number of carbonyl (C=O) groups is 1. The molecular weight excluding hydrogens is 338 g/mol. The van der Waals surface area contributed by atoms with Crippen molar-refractivity contribution in [3.05, 3.63) is 48.0 Å². The molecule has 0 spiro atoms. The van der Waals surface area contributed by atoms with Gasteiger partial charge in [0.25, 0.3) is 5.91 Å². The Balaban J connectivity index is 1.39. The fourth-order valence-electron chi connectivity index (χ4n) is 4.43. The van der Waals surface area contributed by atoms with E-state index in [0.29, 0.717) is 17.3 Å². The molecule has 3 saturated heterocycles. The van der Waals surface area contributed by atoms with Gasteiger partial charge in [0.1, 0.15) is 0 Å². The number of fused-ring (bicyclic) bond motifs is 4. The molecule has 0 aliphatic carbocycles. The van der Waals surface area contributed by atoms with Gasteiger partial charge >= 0.3 is 0 Å². The summed E-state index contributed by atoms with van der Waals surface area (Å²) < 4.78 is 0. The fourth-order valence-corrected chi connectivity index (χ4v) is 4.43. The lowest BCUT2D eigenvalue weighted by Crippen LogP contribution is -2.57. The average Bonchev–Trinajstić information content (AvgIpc) is 3.09. The van der Waals surface area contributed by atoms with Crippen LogP contribution in [0.5, 0.6) is 0 Å². The molecule has 3 fully saturated rings. The van der Waals surface area contributed by atoms with Crippen LogP contribution in [-0.4, -0.2) is 46.7 Å². The second kappa shape index (κ2) is 6.39. The SMILES string of the molecule is Nc1n[nH]c2ccc(-c3cccc(C(=O)N[C@@H]4CN5CCC4CC5)c3)cc12. The number of aromatic nitrogens is 2. The summed E-state index contributed by atoms with van der Waals surface area (Å²) in [7, 11) is 0. The maximum Gasteiger partial charge on any atom is 0.251 e. The smallest absolute Gasteiger partial charge is 0.251 e. The Labute approximate surface area is 157 Å². The highest BCUT2D eigenvalue weighted by molar-refractivity contribution is 5.97. The number of rotatable bonds is 3. The van der Waals surface area contributed by atoms with E-state index < -0.39 is 0 Å². The van der Waals surface area contributed by atoms with Gasteiger partial charge in [-0.2, -0.15) is 5.10 Å². The highest BCUT2D eigenvalue weighted by Crippen LogP contribution is 2.29. The minimum absolute atomic E-state index is 0.0134. The van der Waals surface area contributed by atoms with Crippen LogP contribution in [0.25, 0.3) is 22.0 Å². The van der Waals surface area contributed by atoms with Crippen LogP contribution in [0, 0.1) is 5.92 Å². The lowest BCUT2D eigenvalue weighted by molar-refractivity contribution is 0.0620. The summed E-state index contributed by atoms with van der Waals surface area (Å²) in [6.07, 6.45) is 2.38. The summed E-state index contributed by atoms with van der Waals surface area (Å²) in [5.41, 5.74) is 9.55. The van der Waals surface area contributed by atoms with Crippen molar-refractivity contribution in [3.8, 4) is 11.1 Å². The molecule has 1 aromatic heterocycles. The van der Waals surface area contributed by atoms with E-state index in [1.807, 2.05) is 42.5 Å². The van der Waals surface area contributed by atoms with Gasteiger partial charge in [-0.25, -0.2) is 0 Å². The van der Waals surface area contributed by atoms with Crippen molar-refractivity contribution in [1.82, 2.24) is 20.4 Å². The number of carbonyl (C=O) groups excluding carboxylic acids is 1. The zero-order valence-electron chi connectivity index (χ0n) is 15.1. The van der Waals surface area contributed by atoms with Crippen molar-refractivity contribution in [1.29, 1.82) is 0 Å². The molecule has 6 heteroatoms. The highest BCUT2D eigenvalue weighted by Gasteiger charge is 2.34. The molecule has 3 aromatic rings. The maximum atomic E-state index is 12.8. The first kappa shape index (κ1) is 16.3. The third kappa shape index (κ3) is 2.96. The van der Waals surface area contributed by atoms with Crippen LogP contribution in [0.15, 0.2) is 42.5 Å². The normalized spacial score (nSPS) is 24.2. The summed E-state index contributed by atoms with van der Waals surface area (Å²) >= 11 is 0. The fraction of sp³-hybridized carbons (Fsp3) is 0.333. The van der Waals surface area contributed by atoms with E-state index in [2.05, 4.69) is 20.4 Å². The predicted octanol–water partition coefficient (Wildman–Crippen LogP) is 2.64. The Morgan fingerprint density at radius 1 is 1.15 bits per heavy atom. The van der Waals surface area contributed by atoms with Crippen LogP contribution in [-0.2, 0) is 0 Å². The van der Waals surface area contributed by atoms with E-state index >= 15 is 0 Å². The molecule has 6 rings (SSSR count). The van der Waals surface area contributed by atoms with Gasteiger partial charge in [-0.3, -0.25) is 9.89 Å². The second-order valence-corrected chi connectivity index (χ2v) is 7.67. The molecule has 2 aromatic carbocycles. The van der Waals surface area contributed by atoms with Gasteiger partial charge < -0.3 is 16.0 Å². The van der Waals surface area contributed by atoms with Crippen molar-refractivity contribution in [2.24, 2.45) is 5.92 Å². The van der Waals surface area contributed by atoms with Crippen LogP contribution >= 0.6 is 0 Å². The zero-order chi connectivity index (χ0) is 18.4. The molecule has 1 atom stereocenters. The number of aromatic amines is 1. The molecule has 4 heterocycles. The third-order valence-electron chi connectivity index (χ3n) is 6.02. The van der Waals surface area contributed by atoms with Gasteiger partial charge in [0, 0.05) is 23.5 Å². The van der Waals surface area contributed by atoms with Gasteiger partial charge in [-0.1, -0.05) is 18.2 Å². The van der Waals surface area contributed by atoms with E-state index in [-0.39, 0.29) is 11.9 Å². The summed E-state index contributed by atoms with van der Waals surface area (Å²) in [5.74, 6) is 1.12. The zero-order valence-corrected chi connectivity index (χ0v) is 15.1. The summed E-state index contributed by atoms with van der Waals surface area (Å²) in [6.45, 7) is 3.32. The average molecular weight is 361 g/mol. The Bertz CT molecular complexity index is 1000. The number of nitrogens with zero attached hydrogens (tertiary/aromatic N) is 2. The molecule has 138 valence electrons. The monoisotopic (exact) mass is 361 g/mol. The van der Waals surface area contributed by atoms with E-state index in [0.717, 1.165) is 28.6 Å². The topological polar surface area (TPSA) is 87.0 Å². The Hall–Kier alpha value is -2.86. The van der Waals surface area contributed by atoms with Gasteiger partial charge in [0.2, 0.25) is 0 Å². The predicted molar refractivity (Wildman–Crippen MR) is 106 cm³/mol. The Kier molecular flexibility index (Phi) is 3.86. The van der Waals surface area contributed by atoms with Crippen molar-refractivity contribution < 1.29 is 4.79 Å². The Morgan fingerprint density at radius 2 is 1.96 bits per heavy atom. The van der Waals surface area contributed by atoms with Gasteiger partial charge in [-0.15, -0.1) is 0 Å². The molecule has 0 radical (unpaired) electrons. The molecular formula is C21H23N5O. The Morgan fingerprint density at radius 3 is 2.74 bits per heavy atom. The van der Waals surface area contributed by atoms with Crippen molar-refractivity contribution in [2.75, 3.05) is 25.4 Å². The maximum absolute atomic E-state index is 12.8. The first-order chi connectivity index (χ1) is 13.2. The molecule has 0 saturated carbocycles. The van der Waals surface area contributed by atoms with Crippen LogP contribution in [0.4, 0.5) is 5.82 Å². The highest BCUT2D eigenvalue weighted by atomic mass is 16.1. The molecule has 3 aliphatic rings. The minimum atomic E-state index is 0.0134. The minimum Gasteiger partial charge on any atom is -0.382 e. The number of H-pyrrole nitrogens is 1. The summed E-state index contributed by atoms with van der Waals surface area (Å²) in [4.78, 5) is 15.3. The van der Waals surface area contributed by atoms with E-state index in [1.54, 1.807) is 0 Å². The standard InChI is InChI=1S/C21H23N5O/c22-20-17-11-15(4-5-18(17)24-25-20)14-2-1-3-16(10-14)21(27)23-19-12-26-8-6-13(19)7-9-26/h1-5,10-11,13,19H,6-9,12H2,(H,23,27)(H3,22,24,25)/t19-/m1/s1. The van der Waals surface area contributed by atoms with E-state index in [4.69, 9.17) is 5.73 Å². The number of amides is 1. The lowest BCUT2D eigenvalue weighted by atomic mass is 9.84. The summed E-state index contributed by atoms with van der Waals surface area (Å²) in [5, 5.41) is 11.1. The number of hydrogen-bond acceptors (Lipinski definition) is 4. The second-order valence-electron chi connectivity index (χ2n) is 7.67. The molecule has 1 amide bonds. The third-order valence-corrected chi connectivity index (χ3v) is 6.02. The lowest BCUT2D eigenvalue weighted by Gasteiger charge is -2.44. The quantitative estimate of drug-likeness (QED) is 0.669. The first-order valence-corrected chi connectivity index (χ1v) is 9.54. The first-order valence-electron chi connectivity index (χ1n) is 9.54. The van der Waals surface area contributed by atoms with E-state index in [9.17, 15) is 4.79 Å².